The van der Waals surface area contributed by atoms with Gasteiger partial charge in [0.1, 0.15) is 0 Å². The minimum atomic E-state index is -1.94. The molecular weight excluding hydrogens is 326 g/mol. The number of allylic oxidation sites excluding steroid dienone is 1. The van der Waals surface area contributed by atoms with Crippen molar-refractivity contribution in [3.8, 4) is 0 Å². The van der Waals surface area contributed by atoms with E-state index in [1.54, 1.807) is 0 Å². The van der Waals surface area contributed by atoms with Crippen LogP contribution < -0.4 is 0 Å². The third-order valence-electron chi connectivity index (χ3n) is 6.31. The maximum Gasteiger partial charge on any atom is 0.193 e. The van der Waals surface area contributed by atoms with E-state index >= 15 is 0 Å². The van der Waals surface area contributed by atoms with Gasteiger partial charge in [0.05, 0.1) is 6.10 Å². The molecule has 0 saturated carbocycles. The molecule has 2 atom stereocenters. The van der Waals surface area contributed by atoms with Crippen LogP contribution in [0.25, 0.3) is 10.9 Å². The molecule has 1 aromatic carbocycles. The molecule has 1 aliphatic heterocycles. The van der Waals surface area contributed by atoms with Crippen LogP contribution in [0, 0.1) is 5.92 Å². The predicted octanol–water partition coefficient (Wildman–Crippen LogP) is 5.23. The number of carbonyl (C=O) groups excluding carboxylic acids is 1. The summed E-state index contributed by atoms with van der Waals surface area (Å²) in [5.74, 6) is 0.456. The van der Waals surface area contributed by atoms with E-state index in [0.717, 1.165) is 6.54 Å². The molecule has 25 heavy (non-hydrogen) atoms. The fraction of sp³-hybridized carbons (Fsp3) is 0.476. The Morgan fingerprint density at radius 2 is 1.92 bits per heavy atom. The normalized spacial score (nSPS) is 23.6. The SMILES string of the molecule is CC(C)(C)[Si](C)(C)O[C@@H]1c2cc3ccccc3n2CC2=CC(=O)C[C@H]21. The van der Waals surface area contributed by atoms with Gasteiger partial charge in [0.25, 0.3) is 0 Å². The van der Waals surface area contributed by atoms with Gasteiger partial charge in [-0.1, -0.05) is 39.0 Å². The minimum absolute atomic E-state index is 0.0141. The highest BCUT2D eigenvalue weighted by atomic mass is 28.4. The average molecular weight is 354 g/mol. The number of fused-ring (bicyclic) bond motifs is 4. The van der Waals surface area contributed by atoms with Gasteiger partial charge < -0.3 is 8.99 Å². The second-order valence-electron chi connectivity index (χ2n) is 9.01. The zero-order valence-electron chi connectivity index (χ0n) is 15.8. The Morgan fingerprint density at radius 3 is 2.64 bits per heavy atom. The smallest absolute Gasteiger partial charge is 0.193 e. The van der Waals surface area contributed by atoms with E-state index in [1.807, 2.05) is 6.08 Å². The molecule has 0 fully saturated rings. The lowest BCUT2D eigenvalue weighted by Crippen LogP contribution is -2.44. The number of nitrogens with zero attached hydrogens (tertiary/aromatic N) is 1. The highest BCUT2D eigenvalue weighted by molar-refractivity contribution is 6.74. The van der Waals surface area contributed by atoms with Crippen molar-refractivity contribution in [3.63, 3.8) is 0 Å². The number of ketones is 1. The van der Waals surface area contributed by atoms with E-state index in [-0.39, 0.29) is 22.8 Å². The number of rotatable bonds is 2. The molecule has 0 bridgehead atoms. The van der Waals surface area contributed by atoms with Crippen molar-refractivity contribution < 1.29 is 9.22 Å². The summed E-state index contributed by atoms with van der Waals surface area (Å²) in [6.45, 7) is 12.2. The monoisotopic (exact) mass is 353 g/mol. The second-order valence-corrected chi connectivity index (χ2v) is 13.8. The Hall–Kier alpha value is -1.65. The molecule has 0 spiro atoms. The summed E-state index contributed by atoms with van der Waals surface area (Å²) in [6.07, 6.45) is 2.44. The van der Waals surface area contributed by atoms with E-state index < -0.39 is 8.32 Å². The van der Waals surface area contributed by atoms with Crippen molar-refractivity contribution >= 4 is 25.0 Å². The van der Waals surface area contributed by atoms with Gasteiger partial charge in [-0.15, -0.1) is 0 Å². The topological polar surface area (TPSA) is 31.2 Å². The number of hydrogen-bond acceptors (Lipinski definition) is 2. The lowest BCUT2D eigenvalue weighted by atomic mass is 9.90. The van der Waals surface area contributed by atoms with Crippen molar-refractivity contribution in [2.75, 3.05) is 0 Å². The van der Waals surface area contributed by atoms with E-state index in [9.17, 15) is 4.79 Å². The molecule has 2 heterocycles. The van der Waals surface area contributed by atoms with Crippen LogP contribution in [0.1, 0.15) is 39.0 Å². The van der Waals surface area contributed by atoms with Crippen molar-refractivity contribution in [3.05, 3.63) is 47.7 Å². The minimum Gasteiger partial charge on any atom is -0.408 e. The first-order valence-corrected chi connectivity index (χ1v) is 12.1. The molecule has 0 radical (unpaired) electrons. The number of para-hydroxylation sites is 1. The first-order valence-electron chi connectivity index (χ1n) is 9.17. The van der Waals surface area contributed by atoms with Crippen LogP contribution in [0.15, 0.2) is 42.0 Å². The number of carbonyl (C=O) groups is 1. The van der Waals surface area contributed by atoms with Gasteiger partial charge in [-0.05, 0) is 47.3 Å². The van der Waals surface area contributed by atoms with Crippen molar-refractivity contribution in [1.82, 2.24) is 4.57 Å². The lowest BCUT2D eigenvalue weighted by Gasteiger charge is -2.43. The van der Waals surface area contributed by atoms with E-state index in [1.165, 1.54) is 22.2 Å². The Balaban J connectivity index is 1.84. The fourth-order valence-electron chi connectivity index (χ4n) is 3.85. The summed E-state index contributed by atoms with van der Waals surface area (Å²) >= 11 is 0. The molecule has 1 aliphatic carbocycles. The van der Waals surface area contributed by atoms with Crippen LogP contribution >= 0.6 is 0 Å². The van der Waals surface area contributed by atoms with Crippen molar-refractivity contribution in [2.45, 2.75) is 58.0 Å². The Morgan fingerprint density at radius 1 is 1.20 bits per heavy atom. The molecule has 3 nitrogen and oxygen atoms in total. The van der Waals surface area contributed by atoms with Gasteiger partial charge in [0.15, 0.2) is 14.1 Å². The van der Waals surface area contributed by atoms with E-state index in [2.05, 4.69) is 68.8 Å². The summed E-state index contributed by atoms with van der Waals surface area (Å²) in [5, 5.41) is 1.40. The molecule has 0 unspecified atom stereocenters. The van der Waals surface area contributed by atoms with Gasteiger partial charge in [-0.2, -0.15) is 0 Å². The summed E-state index contributed by atoms with van der Waals surface area (Å²) in [5.41, 5.74) is 3.71. The third kappa shape index (κ3) is 2.63. The average Bonchev–Trinajstić information content (AvgIpc) is 3.06. The van der Waals surface area contributed by atoms with Gasteiger partial charge in [-0.3, -0.25) is 4.79 Å². The number of aromatic nitrogens is 1. The van der Waals surface area contributed by atoms with Gasteiger partial charge in [-0.25, -0.2) is 0 Å². The van der Waals surface area contributed by atoms with Gasteiger partial charge >= 0.3 is 0 Å². The molecule has 1 aromatic heterocycles. The zero-order valence-corrected chi connectivity index (χ0v) is 16.8. The van der Waals surface area contributed by atoms with Crippen LogP contribution in [-0.4, -0.2) is 18.7 Å². The Kier molecular flexibility index (Phi) is 3.64. The summed E-state index contributed by atoms with van der Waals surface area (Å²) in [4.78, 5) is 12.1. The van der Waals surface area contributed by atoms with Crippen molar-refractivity contribution in [1.29, 1.82) is 0 Å². The third-order valence-corrected chi connectivity index (χ3v) is 10.8. The molecule has 0 amide bonds. The fourth-order valence-corrected chi connectivity index (χ4v) is 5.13. The summed E-state index contributed by atoms with van der Waals surface area (Å²) in [6, 6.07) is 10.8. The molecule has 2 aromatic rings. The summed E-state index contributed by atoms with van der Waals surface area (Å²) < 4.78 is 9.24. The highest BCUT2D eigenvalue weighted by Crippen LogP contribution is 2.48. The standard InChI is InChI=1S/C21H27NO2Si/c1-21(2,3)25(4,5)24-20-17-12-16(23)10-15(17)13-22-18-9-7-6-8-14(18)11-19(20)22/h6-11,17,20H,12-13H2,1-5H3/t17-,20+/m1/s1. The quantitative estimate of drug-likeness (QED) is 0.692. The van der Waals surface area contributed by atoms with Crippen LogP contribution in [-0.2, 0) is 15.8 Å². The molecule has 0 saturated heterocycles. The zero-order chi connectivity index (χ0) is 18.0. The maximum absolute atomic E-state index is 12.1. The molecule has 2 aliphatic rings. The second kappa shape index (κ2) is 5.42. The van der Waals surface area contributed by atoms with Crippen LogP contribution in [0.4, 0.5) is 0 Å². The van der Waals surface area contributed by atoms with Crippen LogP contribution in [0.5, 0.6) is 0 Å². The number of hydrogen-bond donors (Lipinski definition) is 0. The highest BCUT2D eigenvalue weighted by Gasteiger charge is 2.45. The predicted molar refractivity (Wildman–Crippen MR) is 104 cm³/mol. The number of benzene rings is 1. The molecule has 132 valence electrons. The largest absolute Gasteiger partial charge is 0.408 e. The van der Waals surface area contributed by atoms with Gasteiger partial charge in [0, 0.05) is 30.1 Å². The van der Waals surface area contributed by atoms with Crippen molar-refractivity contribution in [2.24, 2.45) is 5.92 Å². The first-order chi connectivity index (χ1) is 11.7. The van der Waals surface area contributed by atoms with E-state index in [0.29, 0.717) is 6.42 Å². The Bertz CT molecular complexity index is 885. The molecule has 0 N–H and O–H groups in total. The summed E-state index contributed by atoms with van der Waals surface area (Å²) in [7, 11) is -1.94. The van der Waals surface area contributed by atoms with E-state index in [4.69, 9.17) is 4.43 Å². The van der Waals surface area contributed by atoms with Crippen LogP contribution in [0.2, 0.25) is 18.1 Å². The Labute approximate surface area is 150 Å². The first kappa shape index (κ1) is 16.8. The lowest BCUT2D eigenvalue weighted by molar-refractivity contribution is -0.115. The van der Waals surface area contributed by atoms with Crippen LogP contribution in [0.3, 0.4) is 0 Å². The molecule has 4 heteroatoms. The molecular formula is C21H27NO2Si. The molecule has 4 rings (SSSR count). The maximum atomic E-state index is 12.1. The van der Waals surface area contributed by atoms with Gasteiger partial charge in [0.2, 0.25) is 0 Å².